The fourth-order valence-corrected chi connectivity index (χ4v) is 4.81. The first kappa shape index (κ1) is 19.6. The number of aromatic nitrogens is 2. The lowest BCUT2D eigenvalue weighted by Crippen LogP contribution is -2.48. The van der Waals surface area contributed by atoms with Crippen molar-refractivity contribution >= 4 is 10.0 Å². The van der Waals surface area contributed by atoms with Crippen molar-refractivity contribution in [3.63, 3.8) is 0 Å². The molecule has 2 aromatic carbocycles. The molecule has 0 bridgehead atoms. The second-order valence-electron chi connectivity index (χ2n) is 7.22. The normalized spacial score (nSPS) is 15.2. The summed E-state index contributed by atoms with van der Waals surface area (Å²) < 4.78 is 37.5. The van der Waals surface area contributed by atoms with E-state index in [1.54, 1.807) is 0 Å². The van der Waals surface area contributed by atoms with Crippen molar-refractivity contribution in [1.82, 2.24) is 14.4 Å². The highest BCUT2D eigenvalue weighted by Gasteiger charge is 2.39. The van der Waals surface area contributed by atoms with Crippen LogP contribution in [0.15, 0.2) is 59.1 Å². The molecule has 3 aromatic rings. The standard InChI is InChI=1S/C21H23N3O4S/c1-16-6-5-9-19(12-16)27-11-10-20-22-21(28-23-20)18-13-24(14-18)29(25,26)15-17-7-3-2-4-8-17/h2-9,12,18H,10-11,13-15H2,1H3. The quantitative estimate of drug-likeness (QED) is 0.564. The third kappa shape index (κ3) is 4.83. The molecule has 0 radical (unpaired) electrons. The molecule has 0 unspecified atom stereocenters. The van der Waals surface area contributed by atoms with Crippen molar-refractivity contribution in [2.45, 2.75) is 25.0 Å². The summed E-state index contributed by atoms with van der Waals surface area (Å²) in [7, 11) is -3.34. The Hall–Kier alpha value is -2.71. The molecule has 1 aliphatic heterocycles. The summed E-state index contributed by atoms with van der Waals surface area (Å²) in [4.78, 5) is 4.40. The molecule has 0 spiro atoms. The minimum absolute atomic E-state index is 0.00590. The first-order valence-corrected chi connectivity index (χ1v) is 11.1. The van der Waals surface area contributed by atoms with Gasteiger partial charge in [-0.1, -0.05) is 47.6 Å². The van der Waals surface area contributed by atoms with Gasteiger partial charge in [0.1, 0.15) is 5.75 Å². The Morgan fingerprint density at radius 3 is 2.69 bits per heavy atom. The predicted octanol–water partition coefficient (Wildman–Crippen LogP) is 2.93. The molecule has 8 heteroatoms. The third-order valence-electron chi connectivity index (χ3n) is 4.85. The highest BCUT2D eigenvalue weighted by Crippen LogP contribution is 2.29. The van der Waals surface area contributed by atoms with Gasteiger partial charge in [-0.15, -0.1) is 0 Å². The SMILES string of the molecule is Cc1cccc(OCCc2noc(C3CN(S(=O)(=O)Cc4ccccc4)C3)n2)c1. The Kier molecular flexibility index (Phi) is 5.64. The second-order valence-corrected chi connectivity index (χ2v) is 9.19. The smallest absolute Gasteiger partial charge is 0.232 e. The summed E-state index contributed by atoms with van der Waals surface area (Å²) >= 11 is 0. The molecule has 0 aliphatic carbocycles. The van der Waals surface area contributed by atoms with Gasteiger partial charge in [-0.05, 0) is 30.2 Å². The maximum Gasteiger partial charge on any atom is 0.232 e. The lowest BCUT2D eigenvalue weighted by Gasteiger charge is -2.35. The van der Waals surface area contributed by atoms with Crippen LogP contribution < -0.4 is 4.74 Å². The van der Waals surface area contributed by atoms with Gasteiger partial charge in [0.15, 0.2) is 5.82 Å². The molecule has 1 saturated heterocycles. The number of nitrogens with zero attached hydrogens (tertiary/aromatic N) is 3. The highest BCUT2D eigenvalue weighted by atomic mass is 32.2. The molecule has 1 aliphatic rings. The first-order valence-electron chi connectivity index (χ1n) is 9.53. The van der Waals surface area contributed by atoms with Gasteiger partial charge in [0, 0.05) is 19.5 Å². The number of hydrogen-bond acceptors (Lipinski definition) is 6. The van der Waals surface area contributed by atoms with Gasteiger partial charge >= 0.3 is 0 Å². The van der Waals surface area contributed by atoms with E-state index in [1.165, 1.54) is 4.31 Å². The zero-order valence-electron chi connectivity index (χ0n) is 16.2. The topological polar surface area (TPSA) is 85.5 Å². The Morgan fingerprint density at radius 2 is 1.93 bits per heavy atom. The fraction of sp³-hybridized carbons (Fsp3) is 0.333. The molecule has 1 fully saturated rings. The summed E-state index contributed by atoms with van der Waals surface area (Å²) in [6, 6.07) is 17.0. The minimum Gasteiger partial charge on any atom is -0.493 e. The molecule has 29 heavy (non-hydrogen) atoms. The van der Waals surface area contributed by atoms with Crippen LogP contribution in [-0.4, -0.2) is 42.6 Å². The molecular formula is C21H23N3O4S. The van der Waals surface area contributed by atoms with E-state index in [2.05, 4.69) is 10.1 Å². The highest BCUT2D eigenvalue weighted by molar-refractivity contribution is 7.88. The van der Waals surface area contributed by atoms with Gasteiger partial charge < -0.3 is 9.26 Å². The van der Waals surface area contributed by atoms with Crippen LogP contribution in [0.2, 0.25) is 0 Å². The average molecular weight is 413 g/mol. The third-order valence-corrected chi connectivity index (χ3v) is 6.63. The first-order chi connectivity index (χ1) is 14.0. The number of sulfonamides is 1. The average Bonchev–Trinajstić information content (AvgIpc) is 3.09. The lowest BCUT2D eigenvalue weighted by molar-refractivity contribution is 0.216. The van der Waals surface area contributed by atoms with Crippen LogP contribution in [0.4, 0.5) is 0 Å². The van der Waals surface area contributed by atoms with Crippen molar-refractivity contribution < 1.29 is 17.7 Å². The Bertz CT molecular complexity index is 1060. The largest absolute Gasteiger partial charge is 0.493 e. The number of hydrogen-bond donors (Lipinski definition) is 0. The van der Waals surface area contributed by atoms with E-state index in [-0.39, 0.29) is 11.7 Å². The Labute approximate surface area is 170 Å². The van der Waals surface area contributed by atoms with Crippen LogP contribution >= 0.6 is 0 Å². The van der Waals surface area contributed by atoms with Crippen LogP contribution in [0.1, 0.15) is 28.8 Å². The fourth-order valence-electron chi connectivity index (χ4n) is 3.20. The van der Waals surface area contributed by atoms with Gasteiger partial charge in [-0.2, -0.15) is 9.29 Å². The summed E-state index contributed by atoms with van der Waals surface area (Å²) in [6.45, 7) is 3.21. The summed E-state index contributed by atoms with van der Waals surface area (Å²) in [5, 5.41) is 3.99. The van der Waals surface area contributed by atoms with E-state index in [1.807, 2.05) is 61.5 Å². The van der Waals surface area contributed by atoms with Crippen LogP contribution in [0.5, 0.6) is 5.75 Å². The number of aryl methyl sites for hydroxylation is 1. The van der Waals surface area contributed by atoms with Crippen molar-refractivity contribution in [2.24, 2.45) is 0 Å². The monoisotopic (exact) mass is 413 g/mol. The minimum atomic E-state index is -3.34. The molecule has 0 saturated carbocycles. The van der Waals surface area contributed by atoms with Gasteiger partial charge in [0.05, 0.1) is 18.3 Å². The molecule has 0 amide bonds. The van der Waals surface area contributed by atoms with E-state index >= 15 is 0 Å². The maximum atomic E-state index is 12.5. The van der Waals surface area contributed by atoms with Gasteiger partial charge in [-0.25, -0.2) is 8.42 Å². The lowest BCUT2D eigenvalue weighted by atomic mass is 10.0. The van der Waals surface area contributed by atoms with Gasteiger partial charge in [0.2, 0.25) is 15.9 Å². The predicted molar refractivity (Wildman–Crippen MR) is 108 cm³/mol. The second kappa shape index (κ2) is 8.34. The number of ether oxygens (including phenoxy) is 1. The van der Waals surface area contributed by atoms with Crippen LogP contribution in [0.25, 0.3) is 0 Å². The molecule has 0 atom stereocenters. The van der Waals surface area contributed by atoms with E-state index in [0.29, 0.717) is 37.8 Å². The molecule has 2 heterocycles. The zero-order chi connectivity index (χ0) is 20.3. The summed E-state index contributed by atoms with van der Waals surface area (Å²) in [5.41, 5.74) is 1.92. The zero-order valence-corrected chi connectivity index (χ0v) is 17.0. The van der Waals surface area contributed by atoms with Crippen molar-refractivity contribution in [1.29, 1.82) is 0 Å². The van der Waals surface area contributed by atoms with E-state index in [4.69, 9.17) is 9.26 Å². The number of rotatable bonds is 8. The molecule has 7 nitrogen and oxygen atoms in total. The number of benzene rings is 2. The molecule has 1 aromatic heterocycles. The van der Waals surface area contributed by atoms with Crippen molar-refractivity contribution in [2.75, 3.05) is 19.7 Å². The molecule has 152 valence electrons. The Balaban J connectivity index is 1.26. The summed E-state index contributed by atoms with van der Waals surface area (Å²) in [5.74, 6) is 1.82. The van der Waals surface area contributed by atoms with Gasteiger partial charge in [-0.3, -0.25) is 0 Å². The van der Waals surface area contributed by atoms with Crippen LogP contribution in [-0.2, 0) is 22.2 Å². The molecule has 4 rings (SSSR count). The Morgan fingerprint density at radius 1 is 1.14 bits per heavy atom. The summed E-state index contributed by atoms with van der Waals surface area (Å²) in [6.07, 6.45) is 0.528. The van der Waals surface area contributed by atoms with Crippen LogP contribution in [0, 0.1) is 6.92 Å². The molecule has 0 N–H and O–H groups in total. The van der Waals surface area contributed by atoms with E-state index in [0.717, 1.165) is 16.9 Å². The molecular weight excluding hydrogens is 390 g/mol. The van der Waals surface area contributed by atoms with Crippen LogP contribution in [0.3, 0.4) is 0 Å². The van der Waals surface area contributed by atoms with E-state index < -0.39 is 10.0 Å². The maximum absolute atomic E-state index is 12.5. The van der Waals surface area contributed by atoms with Crippen molar-refractivity contribution in [3.05, 3.63) is 77.4 Å². The van der Waals surface area contributed by atoms with Gasteiger partial charge in [0.25, 0.3) is 0 Å². The van der Waals surface area contributed by atoms with Crippen molar-refractivity contribution in [3.8, 4) is 5.75 Å². The van der Waals surface area contributed by atoms with E-state index in [9.17, 15) is 8.42 Å².